The molecule has 1 atom stereocenters. The molecule has 0 unspecified atom stereocenters. The molecule has 1 aliphatic rings. The summed E-state index contributed by atoms with van der Waals surface area (Å²) < 4.78 is 0. The lowest BCUT2D eigenvalue weighted by molar-refractivity contribution is -0.137. The fraction of sp³-hybridized carbons (Fsp3) is 0.571. The zero-order chi connectivity index (χ0) is 13.8. The minimum absolute atomic E-state index is 0.0961. The number of amides is 1. The van der Waals surface area contributed by atoms with Gasteiger partial charge in [-0.3, -0.25) is 9.59 Å². The third-order valence-corrected chi connectivity index (χ3v) is 4.52. The molecular formula is C14H19NO3S. The number of likely N-dealkylation sites (tertiary alicyclic amines) is 1. The molecule has 0 aliphatic carbocycles. The van der Waals surface area contributed by atoms with Gasteiger partial charge in [-0.05, 0) is 43.0 Å². The summed E-state index contributed by atoms with van der Waals surface area (Å²) in [6.07, 6.45) is 2.87. The Hall–Kier alpha value is -1.36. The Bertz CT molecular complexity index is 469. The number of nitrogens with zero attached hydrogens (tertiary/aromatic N) is 1. The molecule has 5 heteroatoms. The molecule has 1 fully saturated rings. The molecule has 2 rings (SSSR count). The molecule has 0 spiro atoms. The van der Waals surface area contributed by atoms with Gasteiger partial charge in [-0.25, -0.2) is 0 Å². The topological polar surface area (TPSA) is 57.6 Å². The van der Waals surface area contributed by atoms with E-state index in [1.165, 1.54) is 0 Å². The minimum atomic E-state index is -0.753. The normalized spacial score (nSPS) is 19.4. The van der Waals surface area contributed by atoms with E-state index in [4.69, 9.17) is 5.11 Å². The van der Waals surface area contributed by atoms with Crippen LogP contribution in [0.2, 0.25) is 0 Å². The van der Waals surface area contributed by atoms with Crippen molar-refractivity contribution < 1.29 is 14.7 Å². The van der Waals surface area contributed by atoms with Crippen LogP contribution in [0.3, 0.4) is 0 Å². The number of piperidine rings is 1. The number of carboxylic acid groups (broad SMARTS) is 1. The highest BCUT2D eigenvalue weighted by molar-refractivity contribution is 7.08. The lowest BCUT2D eigenvalue weighted by atomic mass is 9.93. The van der Waals surface area contributed by atoms with Crippen LogP contribution in [0.1, 0.15) is 41.6 Å². The average molecular weight is 281 g/mol. The molecule has 0 aromatic carbocycles. The van der Waals surface area contributed by atoms with Gasteiger partial charge in [-0.1, -0.05) is 0 Å². The largest absolute Gasteiger partial charge is 0.481 e. The molecule has 0 radical (unpaired) electrons. The molecule has 1 amide bonds. The van der Waals surface area contributed by atoms with E-state index < -0.39 is 5.97 Å². The van der Waals surface area contributed by atoms with Crippen molar-refractivity contribution in [2.45, 2.75) is 32.6 Å². The van der Waals surface area contributed by atoms with Crippen molar-refractivity contribution in [1.29, 1.82) is 0 Å². The summed E-state index contributed by atoms with van der Waals surface area (Å²) >= 11 is 1.55. The number of aryl methyl sites for hydroxylation is 1. The molecule has 104 valence electrons. The quantitative estimate of drug-likeness (QED) is 0.923. The second kappa shape index (κ2) is 6.19. The van der Waals surface area contributed by atoms with Crippen molar-refractivity contribution >= 4 is 23.2 Å². The first-order valence-corrected chi connectivity index (χ1v) is 7.56. The Morgan fingerprint density at radius 2 is 2.26 bits per heavy atom. The predicted octanol–water partition coefficient (Wildman–Crippen LogP) is 2.77. The molecule has 1 aromatic heterocycles. The van der Waals surface area contributed by atoms with Gasteiger partial charge in [0.05, 0.1) is 5.56 Å². The third kappa shape index (κ3) is 3.56. The smallest absolute Gasteiger partial charge is 0.303 e. The van der Waals surface area contributed by atoms with Gasteiger partial charge in [-0.2, -0.15) is 11.3 Å². The molecule has 1 aromatic rings. The number of hydrogen-bond donors (Lipinski definition) is 1. The van der Waals surface area contributed by atoms with Gasteiger partial charge >= 0.3 is 5.97 Å². The lowest BCUT2D eigenvalue weighted by Crippen LogP contribution is -2.40. The Morgan fingerprint density at radius 3 is 2.89 bits per heavy atom. The van der Waals surface area contributed by atoms with Crippen molar-refractivity contribution in [3.63, 3.8) is 0 Å². The maximum atomic E-state index is 12.4. The second-order valence-corrected chi connectivity index (χ2v) is 5.90. The molecule has 0 saturated carbocycles. The highest BCUT2D eigenvalue weighted by Gasteiger charge is 2.25. The number of rotatable bonds is 4. The van der Waals surface area contributed by atoms with E-state index in [-0.39, 0.29) is 12.3 Å². The van der Waals surface area contributed by atoms with E-state index in [0.29, 0.717) is 18.9 Å². The van der Waals surface area contributed by atoms with Gasteiger partial charge in [-0.15, -0.1) is 0 Å². The Labute approximate surface area is 117 Å². The van der Waals surface area contributed by atoms with Crippen LogP contribution in [-0.4, -0.2) is 35.0 Å². The van der Waals surface area contributed by atoms with Crippen molar-refractivity contribution in [1.82, 2.24) is 4.90 Å². The highest BCUT2D eigenvalue weighted by atomic mass is 32.1. The fourth-order valence-corrected chi connectivity index (χ4v) is 3.38. The summed E-state index contributed by atoms with van der Waals surface area (Å²) in [4.78, 5) is 24.9. The van der Waals surface area contributed by atoms with Crippen molar-refractivity contribution in [3.05, 3.63) is 21.9 Å². The summed E-state index contributed by atoms with van der Waals surface area (Å²) in [5, 5.41) is 12.6. The Balaban J connectivity index is 1.95. The number of carbonyl (C=O) groups excluding carboxylic acids is 1. The van der Waals surface area contributed by atoms with Crippen LogP contribution in [0.25, 0.3) is 0 Å². The summed E-state index contributed by atoms with van der Waals surface area (Å²) in [6.45, 7) is 3.44. The van der Waals surface area contributed by atoms with Crippen LogP contribution in [0.4, 0.5) is 0 Å². The van der Waals surface area contributed by atoms with Gasteiger partial charge in [0.15, 0.2) is 0 Å². The van der Waals surface area contributed by atoms with Crippen molar-refractivity contribution in [3.8, 4) is 0 Å². The van der Waals surface area contributed by atoms with E-state index in [1.807, 2.05) is 22.6 Å². The highest BCUT2D eigenvalue weighted by Crippen LogP contribution is 2.24. The van der Waals surface area contributed by atoms with E-state index in [0.717, 1.165) is 30.5 Å². The molecule has 1 saturated heterocycles. The number of carboxylic acids is 1. The summed E-state index contributed by atoms with van der Waals surface area (Å²) in [7, 11) is 0. The first kappa shape index (κ1) is 14.1. The average Bonchev–Trinajstić information content (AvgIpc) is 2.82. The van der Waals surface area contributed by atoms with Crippen LogP contribution < -0.4 is 0 Å². The lowest BCUT2D eigenvalue weighted by Gasteiger charge is -2.32. The van der Waals surface area contributed by atoms with Crippen LogP contribution in [0.5, 0.6) is 0 Å². The summed E-state index contributed by atoms with van der Waals surface area (Å²) in [5.41, 5.74) is 1.83. The molecule has 19 heavy (non-hydrogen) atoms. The first-order valence-electron chi connectivity index (χ1n) is 6.61. The molecule has 2 heterocycles. The third-order valence-electron chi connectivity index (χ3n) is 3.66. The van der Waals surface area contributed by atoms with Crippen LogP contribution in [-0.2, 0) is 4.79 Å². The fourth-order valence-electron chi connectivity index (χ4n) is 2.56. The molecule has 0 bridgehead atoms. The van der Waals surface area contributed by atoms with Crippen LogP contribution in [0, 0.1) is 12.8 Å². The van der Waals surface area contributed by atoms with E-state index in [1.54, 1.807) is 11.3 Å². The standard InChI is InChI=1S/C14H19NO3S/c1-10-8-19-9-12(10)14(18)15-6-2-3-11(7-15)4-5-13(16)17/h8-9,11H,2-7H2,1H3,(H,16,17)/t11-/m0/s1. The van der Waals surface area contributed by atoms with Crippen LogP contribution in [0.15, 0.2) is 10.8 Å². The van der Waals surface area contributed by atoms with Gasteiger partial charge < -0.3 is 10.0 Å². The van der Waals surface area contributed by atoms with E-state index >= 15 is 0 Å². The number of carbonyl (C=O) groups is 2. The summed E-state index contributed by atoms with van der Waals surface area (Å²) in [6, 6.07) is 0. The molecular weight excluding hydrogens is 262 g/mol. The van der Waals surface area contributed by atoms with Gasteiger partial charge in [0, 0.05) is 24.9 Å². The number of thiophene rings is 1. The van der Waals surface area contributed by atoms with Gasteiger partial charge in [0.25, 0.3) is 5.91 Å². The van der Waals surface area contributed by atoms with E-state index in [9.17, 15) is 9.59 Å². The van der Waals surface area contributed by atoms with Crippen molar-refractivity contribution in [2.24, 2.45) is 5.92 Å². The predicted molar refractivity (Wildman–Crippen MR) is 74.6 cm³/mol. The van der Waals surface area contributed by atoms with Crippen molar-refractivity contribution in [2.75, 3.05) is 13.1 Å². The second-order valence-electron chi connectivity index (χ2n) is 5.16. The molecule has 1 N–H and O–H groups in total. The zero-order valence-electron chi connectivity index (χ0n) is 11.1. The maximum Gasteiger partial charge on any atom is 0.303 e. The SMILES string of the molecule is Cc1cscc1C(=O)N1CCC[C@@H](CCC(=O)O)C1. The van der Waals surface area contributed by atoms with Gasteiger partial charge in [0.2, 0.25) is 0 Å². The molecule has 1 aliphatic heterocycles. The zero-order valence-corrected chi connectivity index (χ0v) is 11.9. The molecule has 4 nitrogen and oxygen atoms in total. The summed E-state index contributed by atoms with van der Waals surface area (Å²) in [5.74, 6) is -0.330. The van der Waals surface area contributed by atoms with E-state index in [2.05, 4.69) is 0 Å². The number of aliphatic carboxylic acids is 1. The van der Waals surface area contributed by atoms with Crippen LogP contribution >= 0.6 is 11.3 Å². The number of hydrogen-bond acceptors (Lipinski definition) is 3. The monoisotopic (exact) mass is 281 g/mol. The first-order chi connectivity index (χ1) is 9.08. The van der Waals surface area contributed by atoms with Gasteiger partial charge in [0.1, 0.15) is 0 Å². The Kier molecular flexibility index (Phi) is 4.58. The Morgan fingerprint density at radius 1 is 1.47 bits per heavy atom. The minimum Gasteiger partial charge on any atom is -0.481 e. The maximum absolute atomic E-state index is 12.4.